The Morgan fingerprint density at radius 3 is 2.75 bits per heavy atom. The molecule has 3 heteroatoms. The Morgan fingerprint density at radius 2 is 2.05 bits per heavy atom. The highest BCUT2D eigenvalue weighted by Crippen LogP contribution is 2.30. The molecule has 0 saturated heterocycles. The third-order valence-corrected chi connectivity index (χ3v) is 5.23. The first kappa shape index (κ1) is 13.7. The van der Waals surface area contributed by atoms with Crippen LogP contribution in [0, 0.1) is 0 Å². The number of ether oxygens (including phenoxy) is 1. The third-order valence-electron chi connectivity index (χ3n) is 4.00. The fourth-order valence-corrected chi connectivity index (χ4v) is 3.95. The van der Waals surface area contributed by atoms with Gasteiger partial charge >= 0.3 is 0 Å². The Balaban J connectivity index is 1.59. The first-order chi connectivity index (χ1) is 9.76. The molecule has 1 N–H and O–H groups in total. The molecule has 1 aliphatic carbocycles. The van der Waals surface area contributed by atoms with Crippen molar-refractivity contribution in [3.8, 4) is 5.75 Å². The number of aryl methyl sites for hydroxylation is 2. The van der Waals surface area contributed by atoms with Gasteiger partial charge < -0.3 is 10.1 Å². The number of hydrogen-bond acceptors (Lipinski definition) is 3. The Hall–Kier alpha value is -1.32. The second-order valence-corrected chi connectivity index (χ2v) is 6.61. The first-order valence-corrected chi connectivity index (χ1v) is 8.05. The van der Waals surface area contributed by atoms with Crippen LogP contribution in [0.3, 0.4) is 0 Å². The predicted octanol–water partition coefficient (Wildman–Crippen LogP) is 4.10. The number of nitrogens with one attached hydrogen (secondary N) is 1. The van der Waals surface area contributed by atoms with Gasteiger partial charge in [0.1, 0.15) is 5.75 Å². The van der Waals surface area contributed by atoms with Crippen LogP contribution in [0.4, 0.5) is 0 Å². The van der Waals surface area contributed by atoms with E-state index in [2.05, 4.69) is 30.4 Å². The molecule has 106 valence electrons. The van der Waals surface area contributed by atoms with Gasteiger partial charge in [-0.3, -0.25) is 0 Å². The molecule has 1 aromatic carbocycles. The lowest BCUT2D eigenvalue weighted by Crippen LogP contribution is -2.17. The van der Waals surface area contributed by atoms with Gasteiger partial charge in [-0.1, -0.05) is 12.1 Å². The van der Waals surface area contributed by atoms with Crippen molar-refractivity contribution in [1.82, 2.24) is 5.32 Å². The van der Waals surface area contributed by atoms with Crippen molar-refractivity contribution in [3.63, 3.8) is 0 Å². The smallest absolute Gasteiger partial charge is 0.118 e. The van der Waals surface area contributed by atoms with E-state index in [1.54, 1.807) is 17.6 Å². The van der Waals surface area contributed by atoms with Gasteiger partial charge in [0.05, 0.1) is 7.11 Å². The molecule has 1 atom stereocenters. The second-order valence-electron chi connectivity index (χ2n) is 5.39. The lowest BCUT2D eigenvalue weighted by molar-refractivity contribution is 0.414. The molecule has 20 heavy (non-hydrogen) atoms. The average Bonchev–Trinajstić information content (AvgIpc) is 3.06. The van der Waals surface area contributed by atoms with Crippen molar-refractivity contribution >= 4 is 11.3 Å². The minimum atomic E-state index is 0.359. The van der Waals surface area contributed by atoms with E-state index in [0.717, 1.165) is 12.3 Å². The van der Waals surface area contributed by atoms with Crippen LogP contribution in [0.1, 0.15) is 40.3 Å². The molecule has 1 unspecified atom stereocenters. The Morgan fingerprint density at radius 1 is 1.25 bits per heavy atom. The van der Waals surface area contributed by atoms with Gasteiger partial charge in [-0.15, -0.1) is 11.3 Å². The molecule has 1 aliphatic rings. The van der Waals surface area contributed by atoms with Gasteiger partial charge in [-0.25, -0.2) is 0 Å². The van der Waals surface area contributed by atoms with Crippen LogP contribution in [-0.2, 0) is 19.4 Å². The van der Waals surface area contributed by atoms with Gasteiger partial charge in [-0.05, 0) is 55.5 Å². The van der Waals surface area contributed by atoms with Crippen LogP contribution >= 0.6 is 11.3 Å². The summed E-state index contributed by atoms with van der Waals surface area (Å²) in [4.78, 5) is 3.08. The van der Waals surface area contributed by atoms with Gasteiger partial charge in [0, 0.05) is 22.3 Å². The largest absolute Gasteiger partial charge is 0.497 e. The molecule has 2 aromatic rings. The molecule has 0 saturated carbocycles. The second kappa shape index (κ2) is 5.98. The zero-order valence-electron chi connectivity index (χ0n) is 12.1. The normalized spacial score (nSPS) is 15.1. The summed E-state index contributed by atoms with van der Waals surface area (Å²) in [6.07, 6.45) is 3.91. The summed E-state index contributed by atoms with van der Waals surface area (Å²) in [6, 6.07) is 11.1. The highest BCUT2D eigenvalue weighted by molar-refractivity contribution is 7.12. The lowest BCUT2D eigenvalue weighted by Gasteiger charge is -2.14. The van der Waals surface area contributed by atoms with Crippen molar-refractivity contribution in [2.75, 3.05) is 7.11 Å². The van der Waals surface area contributed by atoms with E-state index in [4.69, 9.17) is 4.74 Å². The summed E-state index contributed by atoms with van der Waals surface area (Å²) in [6.45, 7) is 3.17. The van der Waals surface area contributed by atoms with E-state index in [1.165, 1.54) is 29.7 Å². The molecular weight excluding hydrogens is 266 g/mol. The maximum atomic E-state index is 5.19. The van der Waals surface area contributed by atoms with Gasteiger partial charge in [0.25, 0.3) is 0 Å². The molecule has 2 nitrogen and oxygen atoms in total. The van der Waals surface area contributed by atoms with Gasteiger partial charge in [0.2, 0.25) is 0 Å². The molecule has 0 spiro atoms. The van der Waals surface area contributed by atoms with Crippen LogP contribution in [0.15, 0.2) is 30.3 Å². The quantitative estimate of drug-likeness (QED) is 0.894. The zero-order valence-corrected chi connectivity index (χ0v) is 12.9. The van der Waals surface area contributed by atoms with Crippen molar-refractivity contribution in [2.24, 2.45) is 0 Å². The fraction of sp³-hybridized carbons (Fsp3) is 0.412. The SMILES string of the molecule is COc1ccc(C(C)NCc2cc3c(s2)CCC3)cc1. The van der Waals surface area contributed by atoms with E-state index in [9.17, 15) is 0 Å². The lowest BCUT2D eigenvalue weighted by atomic mass is 10.1. The van der Waals surface area contributed by atoms with Gasteiger partial charge in [0.15, 0.2) is 0 Å². The van der Waals surface area contributed by atoms with Crippen molar-refractivity contribution in [2.45, 2.75) is 38.8 Å². The Labute approximate surface area is 124 Å². The fourth-order valence-electron chi connectivity index (χ4n) is 2.74. The van der Waals surface area contributed by atoms with E-state index in [0.29, 0.717) is 6.04 Å². The molecule has 0 radical (unpaired) electrons. The topological polar surface area (TPSA) is 21.3 Å². The first-order valence-electron chi connectivity index (χ1n) is 7.24. The monoisotopic (exact) mass is 287 g/mol. The summed E-state index contributed by atoms with van der Waals surface area (Å²) in [5.41, 5.74) is 2.89. The number of methoxy groups -OCH3 is 1. The number of fused-ring (bicyclic) bond motifs is 1. The number of thiophene rings is 1. The molecule has 0 amide bonds. The van der Waals surface area contributed by atoms with E-state index in [1.807, 2.05) is 23.5 Å². The Bertz CT molecular complexity index is 552. The van der Waals surface area contributed by atoms with Crippen LogP contribution in [-0.4, -0.2) is 7.11 Å². The number of hydrogen-bond donors (Lipinski definition) is 1. The standard InChI is InChI=1S/C17H21NOS/c1-12(13-6-8-15(19-2)9-7-13)18-11-16-10-14-4-3-5-17(14)20-16/h6-10,12,18H,3-5,11H2,1-2H3. The summed E-state index contributed by atoms with van der Waals surface area (Å²) >= 11 is 1.98. The zero-order chi connectivity index (χ0) is 13.9. The molecule has 1 aromatic heterocycles. The van der Waals surface area contributed by atoms with Crippen LogP contribution in [0.2, 0.25) is 0 Å². The Kier molecular flexibility index (Phi) is 4.08. The number of benzene rings is 1. The highest BCUT2D eigenvalue weighted by Gasteiger charge is 2.15. The van der Waals surface area contributed by atoms with Crippen molar-refractivity contribution in [1.29, 1.82) is 0 Å². The predicted molar refractivity (Wildman–Crippen MR) is 84.6 cm³/mol. The average molecular weight is 287 g/mol. The highest BCUT2D eigenvalue weighted by atomic mass is 32.1. The van der Waals surface area contributed by atoms with Crippen LogP contribution < -0.4 is 10.1 Å². The van der Waals surface area contributed by atoms with Crippen molar-refractivity contribution < 1.29 is 4.74 Å². The van der Waals surface area contributed by atoms with Crippen LogP contribution in [0.5, 0.6) is 5.75 Å². The third kappa shape index (κ3) is 2.89. The van der Waals surface area contributed by atoms with Crippen LogP contribution in [0.25, 0.3) is 0 Å². The molecular formula is C17H21NOS. The molecule has 1 heterocycles. The van der Waals surface area contributed by atoms with E-state index in [-0.39, 0.29) is 0 Å². The summed E-state index contributed by atoms with van der Waals surface area (Å²) in [7, 11) is 1.70. The maximum Gasteiger partial charge on any atom is 0.118 e. The summed E-state index contributed by atoms with van der Waals surface area (Å²) in [5, 5.41) is 3.61. The van der Waals surface area contributed by atoms with E-state index < -0.39 is 0 Å². The minimum Gasteiger partial charge on any atom is -0.497 e. The molecule has 3 rings (SSSR count). The minimum absolute atomic E-state index is 0.359. The summed E-state index contributed by atoms with van der Waals surface area (Å²) < 4.78 is 5.19. The number of rotatable bonds is 5. The molecule has 0 bridgehead atoms. The molecule has 0 fully saturated rings. The van der Waals surface area contributed by atoms with Crippen molar-refractivity contribution in [3.05, 3.63) is 51.2 Å². The molecule has 0 aliphatic heterocycles. The summed E-state index contributed by atoms with van der Waals surface area (Å²) in [5.74, 6) is 0.913. The maximum absolute atomic E-state index is 5.19. The van der Waals surface area contributed by atoms with Gasteiger partial charge in [-0.2, -0.15) is 0 Å². The van der Waals surface area contributed by atoms with E-state index >= 15 is 0 Å².